The first-order chi connectivity index (χ1) is 6.04. The summed E-state index contributed by atoms with van der Waals surface area (Å²) in [6.45, 7) is 1.98. The Kier molecular flexibility index (Phi) is 1.86. The second-order valence-corrected chi connectivity index (χ2v) is 4.69. The third-order valence-corrected chi connectivity index (χ3v) is 3.22. The van der Waals surface area contributed by atoms with Crippen LogP contribution in [0.1, 0.15) is 45.4 Å². The second-order valence-electron chi connectivity index (χ2n) is 4.69. The molecule has 0 saturated heterocycles. The molecule has 3 heteroatoms. The lowest BCUT2D eigenvalue weighted by molar-refractivity contribution is -0.133. The maximum absolute atomic E-state index is 13.9. The highest BCUT2D eigenvalue weighted by Gasteiger charge is 2.47. The number of hydrogen-bond donors (Lipinski definition) is 1. The molecule has 2 aliphatic rings. The molecule has 0 unspecified atom stereocenters. The zero-order valence-electron chi connectivity index (χ0n) is 8.03. The zero-order chi connectivity index (χ0) is 9.53. The summed E-state index contributed by atoms with van der Waals surface area (Å²) in [5.41, 5.74) is -1.63. The SMILES string of the molecule is CC1(NC(=O)C2(F)CCCC2)CC1. The standard InChI is InChI=1S/C10H16FNO/c1-9(6-7-9)12-8(13)10(11)4-2-3-5-10/h2-7H2,1H3,(H,12,13). The Bertz CT molecular complexity index is 229. The van der Waals surface area contributed by atoms with E-state index in [9.17, 15) is 9.18 Å². The third kappa shape index (κ3) is 1.69. The topological polar surface area (TPSA) is 29.1 Å². The molecule has 0 heterocycles. The highest BCUT2D eigenvalue weighted by Crippen LogP contribution is 2.38. The third-order valence-electron chi connectivity index (χ3n) is 3.22. The Morgan fingerprint density at radius 3 is 2.23 bits per heavy atom. The number of halogens is 1. The molecule has 2 fully saturated rings. The number of alkyl halides is 1. The maximum Gasteiger partial charge on any atom is 0.258 e. The van der Waals surface area contributed by atoms with Gasteiger partial charge < -0.3 is 5.32 Å². The fraction of sp³-hybridized carbons (Fsp3) is 0.900. The van der Waals surface area contributed by atoms with Crippen molar-refractivity contribution in [1.29, 1.82) is 0 Å². The molecule has 2 nitrogen and oxygen atoms in total. The predicted molar refractivity (Wildman–Crippen MR) is 48.1 cm³/mol. The lowest BCUT2D eigenvalue weighted by atomic mass is 10.0. The van der Waals surface area contributed by atoms with Crippen LogP contribution in [0, 0.1) is 0 Å². The van der Waals surface area contributed by atoms with E-state index < -0.39 is 5.67 Å². The van der Waals surface area contributed by atoms with Gasteiger partial charge in [-0.2, -0.15) is 0 Å². The first kappa shape index (κ1) is 8.97. The van der Waals surface area contributed by atoms with E-state index in [0.717, 1.165) is 25.7 Å². The molecular weight excluding hydrogens is 169 g/mol. The van der Waals surface area contributed by atoms with E-state index in [4.69, 9.17) is 0 Å². The van der Waals surface area contributed by atoms with E-state index >= 15 is 0 Å². The number of hydrogen-bond acceptors (Lipinski definition) is 1. The van der Waals surface area contributed by atoms with Crippen LogP contribution in [0.3, 0.4) is 0 Å². The molecule has 2 aliphatic carbocycles. The van der Waals surface area contributed by atoms with Gasteiger partial charge in [-0.25, -0.2) is 4.39 Å². The molecule has 0 bridgehead atoms. The first-order valence-electron chi connectivity index (χ1n) is 5.06. The maximum atomic E-state index is 13.9. The summed E-state index contributed by atoms with van der Waals surface area (Å²) in [6, 6.07) is 0. The van der Waals surface area contributed by atoms with Crippen molar-refractivity contribution in [2.24, 2.45) is 0 Å². The number of rotatable bonds is 2. The fourth-order valence-electron chi connectivity index (χ4n) is 1.86. The highest BCUT2D eigenvalue weighted by atomic mass is 19.1. The van der Waals surface area contributed by atoms with Crippen molar-refractivity contribution in [3.8, 4) is 0 Å². The van der Waals surface area contributed by atoms with E-state index in [1.807, 2.05) is 6.92 Å². The Morgan fingerprint density at radius 2 is 1.77 bits per heavy atom. The molecule has 0 aromatic rings. The molecule has 2 rings (SSSR count). The normalized spacial score (nSPS) is 28.5. The highest BCUT2D eigenvalue weighted by molar-refractivity contribution is 5.86. The minimum Gasteiger partial charge on any atom is -0.348 e. The quantitative estimate of drug-likeness (QED) is 0.699. The lowest BCUT2D eigenvalue weighted by Crippen LogP contribution is -2.46. The predicted octanol–water partition coefficient (Wildman–Crippen LogP) is 1.94. The molecule has 0 aliphatic heterocycles. The van der Waals surface area contributed by atoms with Gasteiger partial charge in [0, 0.05) is 5.54 Å². The average molecular weight is 185 g/mol. The molecule has 1 amide bonds. The summed E-state index contributed by atoms with van der Waals surface area (Å²) < 4.78 is 13.9. The monoisotopic (exact) mass is 185 g/mol. The summed E-state index contributed by atoms with van der Waals surface area (Å²) in [6.07, 6.45) is 4.51. The minimum absolute atomic E-state index is 0.0846. The van der Waals surface area contributed by atoms with Gasteiger partial charge in [0.25, 0.3) is 5.91 Å². The van der Waals surface area contributed by atoms with E-state index in [1.54, 1.807) is 0 Å². The number of carbonyl (C=O) groups excluding carboxylic acids is 1. The van der Waals surface area contributed by atoms with E-state index in [0.29, 0.717) is 12.8 Å². The minimum atomic E-state index is -1.55. The van der Waals surface area contributed by atoms with Gasteiger partial charge in [0.05, 0.1) is 0 Å². The van der Waals surface area contributed by atoms with Crippen LogP contribution in [0.25, 0.3) is 0 Å². The van der Waals surface area contributed by atoms with Crippen molar-refractivity contribution in [3.63, 3.8) is 0 Å². The van der Waals surface area contributed by atoms with Crippen LogP contribution >= 0.6 is 0 Å². The van der Waals surface area contributed by atoms with Gasteiger partial charge in [-0.05, 0) is 45.4 Å². The molecular formula is C10H16FNO. The van der Waals surface area contributed by atoms with Crippen molar-refractivity contribution >= 4 is 5.91 Å². The number of nitrogens with one attached hydrogen (secondary N) is 1. The van der Waals surface area contributed by atoms with Crippen molar-refractivity contribution < 1.29 is 9.18 Å². The molecule has 13 heavy (non-hydrogen) atoms. The van der Waals surface area contributed by atoms with Crippen LogP contribution in [0.2, 0.25) is 0 Å². The van der Waals surface area contributed by atoms with Crippen LogP contribution in [-0.2, 0) is 4.79 Å². The summed E-state index contributed by atoms with van der Waals surface area (Å²) in [5.74, 6) is -0.370. The Labute approximate surface area is 77.9 Å². The van der Waals surface area contributed by atoms with Gasteiger partial charge in [0.1, 0.15) is 0 Å². The molecule has 0 atom stereocenters. The van der Waals surface area contributed by atoms with E-state index in [1.165, 1.54) is 0 Å². The van der Waals surface area contributed by atoms with E-state index in [-0.39, 0.29) is 11.4 Å². The largest absolute Gasteiger partial charge is 0.348 e. The molecule has 0 spiro atoms. The van der Waals surface area contributed by atoms with E-state index in [2.05, 4.69) is 5.32 Å². The fourth-order valence-corrected chi connectivity index (χ4v) is 1.86. The average Bonchev–Trinajstić information content (AvgIpc) is 2.63. The van der Waals surface area contributed by atoms with Crippen molar-refractivity contribution in [1.82, 2.24) is 5.32 Å². The van der Waals surface area contributed by atoms with Gasteiger partial charge in [0.15, 0.2) is 5.67 Å². The van der Waals surface area contributed by atoms with Crippen LogP contribution in [0.15, 0.2) is 0 Å². The van der Waals surface area contributed by atoms with Gasteiger partial charge in [-0.1, -0.05) is 0 Å². The van der Waals surface area contributed by atoms with Gasteiger partial charge in [0.2, 0.25) is 0 Å². The van der Waals surface area contributed by atoms with Crippen molar-refractivity contribution in [2.75, 3.05) is 0 Å². The zero-order valence-corrected chi connectivity index (χ0v) is 8.03. The van der Waals surface area contributed by atoms with Gasteiger partial charge in [-0.3, -0.25) is 4.79 Å². The second kappa shape index (κ2) is 2.69. The molecule has 2 saturated carbocycles. The van der Waals surface area contributed by atoms with Crippen molar-refractivity contribution in [3.05, 3.63) is 0 Å². The summed E-state index contributed by atoms with van der Waals surface area (Å²) in [4.78, 5) is 11.5. The molecule has 74 valence electrons. The molecule has 0 aromatic carbocycles. The molecule has 0 aromatic heterocycles. The number of carbonyl (C=O) groups is 1. The first-order valence-corrected chi connectivity index (χ1v) is 5.06. The summed E-state index contributed by atoms with van der Waals surface area (Å²) >= 11 is 0. The van der Waals surface area contributed by atoms with Crippen LogP contribution in [-0.4, -0.2) is 17.1 Å². The summed E-state index contributed by atoms with van der Waals surface area (Å²) in [5, 5.41) is 2.80. The lowest BCUT2D eigenvalue weighted by Gasteiger charge is -2.21. The Morgan fingerprint density at radius 1 is 1.23 bits per heavy atom. The molecule has 1 N–H and O–H groups in total. The molecule has 0 radical (unpaired) electrons. The number of amides is 1. The van der Waals surface area contributed by atoms with Gasteiger partial charge >= 0.3 is 0 Å². The van der Waals surface area contributed by atoms with Gasteiger partial charge in [-0.15, -0.1) is 0 Å². The van der Waals surface area contributed by atoms with Crippen LogP contribution < -0.4 is 5.32 Å². The summed E-state index contributed by atoms with van der Waals surface area (Å²) in [7, 11) is 0. The van der Waals surface area contributed by atoms with Crippen LogP contribution in [0.4, 0.5) is 4.39 Å². The smallest absolute Gasteiger partial charge is 0.258 e. The van der Waals surface area contributed by atoms with Crippen LogP contribution in [0.5, 0.6) is 0 Å². The van der Waals surface area contributed by atoms with Crippen molar-refractivity contribution in [2.45, 2.75) is 56.7 Å². The Balaban J connectivity index is 1.95. The Hall–Kier alpha value is -0.600.